The highest BCUT2D eigenvalue weighted by Crippen LogP contribution is 2.31. The molecular weight excluding hydrogens is 528 g/mol. The lowest BCUT2D eigenvalue weighted by Crippen LogP contribution is -2.40. The number of rotatable bonds is 9. The SMILES string of the molecule is CCCCc1ccc(C=CC(=O)NCc2nc3cc(-c4ccc(C(=O)N5CCOCC5)cc4)cc(Cl)c3o2)cn1. The molecule has 8 nitrogen and oxygen atoms in total. The van der Waals surface area contributed by atoms with E-state index in [1.54, 1.807) is 23.2 Å². The number of unbranched alkanes of at least 4 members (excludes halogenated alkanes) is 1. The Hall–Kier alpha value is -4.01. The van der Waals surface area contributed by atoms with Gasteiger partial charge in [0.25, 0.3) is 5.91 Å². The van der Waals surface area contributed by atoms with Crippen LogP contribution in [0.25, 0.3) is 28.3 Å². The molecule has 0 saturated carbocycles. The van der Waals surface area contributed by atoms with E-state index >= 15 is 0 Å². The molecule has 3 heterocycles. The van der Waals surface area contributed by atoms with Crippen molar-refractivity contribution < 1.29 is 18.7 Å². The minimum Gasteiger partial charge on any atom is -0.437 e. The number of aryl methyl sites for hydroxylation is 1. The summed E-state index contributed by atoms with van der Waals surface area (Å²) in [7, 11) is 0. The lowest BCUT2D eigenvalue weighted by atomic mass is 10.0. The van der Waals surface area contributed by atoms with Crippen molar-refractivity contribution in [3.05, 3.63) is 88.5 Å². The minimum atomic E-state index is -0.268. The molecule has 5 rings (SSSR count). The van der Waals surface area contributed by atoms with Crippen LogP contribution in [0, 0.1) is 0 Å². The predicted octanol–water partition coefficient (Wildman–Crippen LogP) is 5.69. The zero-order valence-corrected chi connectivity index (χ0v) is 23.1. The van der Waals surface area contributed by atoms with Crippen molar-refractivity contribution in [1.82, 2.24) is 20.2 Å². The molecule has 0 radical (unpaired) electrons. The number of carbonyl (C=O) groups is 2. The molecule has 2 aromatic carbocycles. The molecular formula is C31H31ClN4O4. The number of amides is 2. The molecule has 4 aromatic rings. The van der Waals surface area contributed by atoms with Gasteiger partial charge in [-0.3, -0.25) is 14.6 Å². The van der Waals surface area contributed by atoms with Crippen molar-refractivity contribution >= 4 is 40.6 Å². The summed E-state index contributed by atoms with van der Waals surface area (Å²) in [4.78, 5) is 35.8. The zero-order valence-electron chi connectivity index (χ0n) is 22.4. The number of oxazole rings is 1. The molecule has 0 bridgehead atoms. The Kier molecular flexibility index (Phi) is 8.88. The maximum atomic E-state index is 12.7. The Balaban J connectivity index is 1.21. The fourth-order valence-electron chi connectivity index (χ4n) is 4.47. The molecule has 40 heavy (non-hydrogen) atoms. The van der Waals surface area contributed by atoms with Gasteiger partial charge in [-0.15, -0.1) is 0 Å². The summed E-state index contributed by atoms with van der Waals surface area (Å²) in [5, 5.41) is 3.21. The van der Waals surface area contributed by atoms with E-state index in [0.717, 1.165) is 41.6 Å². The molecule has 1 aliphatic heterocycles. The number of halogens is 1. The average molecular weight is 559 g/mol. The molecule has 0 spiro atoms. The van der Waals surface area contributed by atoms with E-state index in [2.05, 4.69) is 22.2 Å². The largest absolute Gasteiger partial charge is 0.437 e. The van der Waals surface area contributed by atoms with Gasteiger partial charge in [0.05, 0.1) is 24.8 Å². The van der Waals surface area contributed by atoms with Crippen LogP contribution in [0.3, 0.4) is 0 Å². The van der Waals surface area contributed by atoms with E-state index in [1.807, 2.05) is 42.5 Å². The van der Waals surface area contributed by atoms with Crippen LogP contribution in [-0.2, 0) is 22.5 Å². The second-order valence-electron chi connectivity index (χ2n) is 9.63. The number of aromatic nitrogens is 2. The minimum absolute atomic E-state index is 0.00153. The summed E-state index contributed by atoms with van der Waals surface area (Å²) in [6.45, 7) is 4.60. The lowest BCUT2D eigenvalue weighted by Gasteiger charge is -2.26. The lowest BCUT2D eigenvalue weighted by molar-refractivity contribution is -0.116. The van der Waals surface area contributed by atoms with E-state index < -0.39 is 0 Å². The number of nitrogens with zero attached hydrogens (tertiary/aromatic N) is 3. The Morgan fingerprint density at radius 3 is 2.60 bits per heavy atom. The fraction of sp³-hybridized carbons (Fsp3) is 0.290. The first-order valence-corrected chi connectivity index (χ1v) is 13.8. The van der Waals surface area contributed by atoms with Gasteiger partial charge in [-0.05, 0) is 65.9 Å². The van der Waals surface area contributed by atoms with E-state index in [0.29, 0.717) is 53.9 Å². The zero-order chi connectivity index (χ0) is 27.9. The third kappa shape index (κ3) is 6.76. The molecule has 2 aromatic heterocycles. The maximum Gasteiger partial charge on any atom is 0.254 e. The number of fused-ring (bicyclic) bond motifs is 1. The van der Waals surface area contributed by atoms with Crippen LogP contribution in [0.15, 0.2) is 65.2 Å². The number of carbonyl (C=O) groups excluding carboxylic acids is 2. The first-order valence-electron chi connectivity index (χ1n) is 13.5. The van der Waals surface area contributed by atoms with Crippen LogP contribution in [0.5, 0.6) is 0 Å². The fourth-order valence-corrected chi connectivity index (χ4v) is 4.72. The molecule has 0 atom stereocenters. The van der Waals surface area contributed by atoms with Gasteiger partial charge in [0.1, 0.15) is 5.52 Å². The number of nitrogens with one attached hydrogen (secondary N) is 1. The van der Waals surface area contributed by atoms with Gasteiger partial charge in [-0.1, -0.05) is 43.1 Å². The van der Waals surface area contributed by atoms with Crippen LogP contribution >= 0.6 is 11.6 Å². The van der Waals surface area contributed by atoms with E-state index in [1.165, 1.54) is 6.08 Å². The van der Waals surface area contributed by atoms with Gasteiger partial charge in [-0.2, -0.15) is 0 Å². The number of benzene rings is 2. The summed E-state index contributed by atoms with van der Waals surface area (Å²) < 4.78 is 11.1. The van der Waals surface area contributed by atoms with Crippen molar-refractivity contribution in [2.75, 3.05) is 26.3 Å². The Bertz CT molecular complexity index is 1510. The second kappa shape index (κ2) is 12.9. The smallest absolute Gasteiger partial charge is 0.254 e. The molecule has 9 heteroatoms. The van der Waals surface area contributed by atoms with Crippen LogP contribution in [0.4, 0.5) is 0 Å². The Morgan fingerprint density at radius 1 is 1.07 bits per heavy atom. The van der Waals surface area contributed by atoms with Gasteiger partial charge in [0, 0.05) is 36.6 Å². The van der Waals surface area contributed by atoms with Crippen molar-refractivity contribution in [3.63, 3.8) is 0 Å². The van der Waals surface area contributed by atoms with Gasteiger partial charge in [0.15, 0.2) is 5.58 Å². The molecule has 1 aliphatic rings. The summed E-state index contributed by atoms with van der Waals surface area (Å²) in [6, 6.07) is 15.1. The molecule has 1 N–H and O–H groups in total. The van der Waals surface area contributed by atoms with Crippen LogP contribution in [0.1, 0.15) is 47.3 Å². The quantitative estimate of drug-likeness (QED) is 0.265. The van der Waals surface area contributed by atoms with Crippen LogP contribution in [-0.4, -0.2) is 53.0 Å². The molecule has 1 fully saturated rings. The van der Waals surface area contributed by atoms with Crippen molar-refractivity contribution in [1.29, 1.82) is 0 Å². The first kappa shape index (κ1) is 27.6. The highest BCUT2D eigenvalue weighted by atomic mass is 35.5. The van der Waals surface area contributed by atoms with Crippen molar-refractivity contribution in [3.8, 4) is 11.1 Å². The summed E-state index contributed by atoms with van der Waals surface area (Å²) in [5.74, 6) is 0.0818. The Labute approximate surface area is 238 Å². The molecule has 0 aliphatic carbocycles. The van der Waals surface area contributed by atoms with Gasteiger partial charge < -0.3 is 19.4 Å². The number of hydrogen-bond acceptors (Lipinski definition) is 6. The second-order valence-corrected chi connectivity index (χ2v) is 10.0. The predicted molar refractivity (Wildman–Crippen MR) is 155 cm³/mol. The third-order valence-corrected chi connectivity index (χ3v) is 7.01. The van der Waals surface area contributed by atoms with Gasteiger partial charge >= 0.3 is 0 Å². The monoisotopic (exact) mass is 558 g/mol. The number of hydrogen-bond donors (Lipinski definition) is 1. The van der Waals surface area contributed by atoms with Crippen molar-refractivity contribution in [2.24, 2.45) is 0 Å². The number of ether oxygens (including phenoxy) is 1. The topological polar surface area (TPSA) is 97.6 Å². The summed E-state index contributed by atoms with van der Waals surface area (Å²) in [6.07, 6.45) is 8.15. The van der Waals surface area contributed by atoms with Crippen molar-refractivity contribution in [2.45, 2.75) is 32.7 Å². The molecule has 2 amide bonds. The van der Waals surface area contributed by atoms with Gasteiger partial charge in [0.2, 0.25) is 11.8 Å². The maximum absolute atomic E-state index is 12.7. The summed E-state index contributed by atoms with van der Waals surface area (Å²) in [5.41, 5.74) is 5.34. The molecule has 0 unspecified atom stereocenters. The molecule has 206 valence electrons. The first-order chi connectivity index (χ1) is 19.5. The normalized spacial score (nSPS) is 13.7. The summed E-state index contributed by atoms with van der Waals surface area (Å²) >= 11 is 6.52. The number of morpholine rings is 1. The Morgan fingerprint density at radius 2 is 1.88 bits per heavy atom. The highest BCUT2D eigenvalue weighted by Gasteiger charge is 2.19. The third-order valence-electron chi connectivity index (χ3n) is 6.73. The van der Waals surface area contributed by atoms with Gasteiger partial charge in [-0.25, -0.2) is 4.98 Å². The highest BCUT2D eigenvalue weighted by molar-refractivity contribution is 6.35. The molecule has 1 saturated heterocycles. The average Bonchev–Trinajstić information content (AvgIpc) is 3.42. The van der Waals surface area contributed by atoms with E-state index in [4.69, 9.17) is 20.8 Å². The van der Waals surface area contributed by atoms with Crippen LogP contribution < -0.4 is 5.32 Å². The number of pyridine rings is 1. The van der Waals surface area contributed by atoms with E-state index in [-0.39, 0.29) is 18.4 Å². The van der Waals surface area contributed by atoms with Crippen LogP contribution in [0.2, 0.25) is 5.02 Å². The standard InChI is InChI=1S/C31H31ClN4O4/c1-2-3-4-25-11-5-21(19-33-25)6-12-28(37)34-20-29-35-27-18-24(17-26(32)30(27)40-29)22-7-9-23(10-8-22)31(38)36-13-15-39-16-14-36/h5-12,17-19H,2-4,13-16,20H2,1H3,(H,34,37). The van der Waals surface area contributed by atoms with E-state index in [9.17, 15) is 9.59 Å².